The van der Waals surface area contributed by atoms with Crippen LogP contribution in [0.1, 0.15) is 51.4 Å². The van der Waals surface area contributed by atoms with Gasteiger partial charge in [0.1, 0.15) is 5.78 Å². The van der Waals surface area contributed by atoms with Gasteiger partial charge in [0.15, 0.2) is 0 Å². The first-order valence-electron chi connectivity index (χ1n) is 5.06. The van der Waals surface area contributed by atoms with Gasteiger partial charge in [0.2, 0.25) is 0 Å². The van der Waals surface area contributed by atoms with Crippen molar-refractivity contribution in [2.45, 2.75) is 51.4 Å². The lowest BCUT2D eigenvalue weighted by Crippen LogP contribution is -1.95. The lowest BCUT2D eigenvalue weighted by atomic mass is 10.1. The van der Waals surface area contributed by atoms with Crippen molar-refractivity contribution < 1.29 is 4.79 Å². The molecule has 0 saturated heterocycles. The molecule has 1 aliphatic rings. The van der Waals surface area contributed by atoms with Gasteiger partial charge in [-0.15, -0.1) is 0 Å². The van der Waals surface area contributed by atoms with E-state index in [1.54, 1.807) is 0 Å². The van der Waals surface area contributed by atoms with E-state index in [1.165, 1.54) is 25.7 Å². The average Bonchev–Trinajstić information content (AvgIpc) is 2.11. The van der Waals surface area contributed by atoms with Gasteiger partial charge in [0.25, 0.3) is 0 Å². The van der Waals surface area contributed by atoms with Crippen LogP contribution in [0.5, 0.6) is 0 Å². The molecule has 1 rings (SSSR count). The van der Waals surface area contributed by atoms with Crippen LogP contribution in [0, 0.1) is 0 Å². The van der Waals surface area contributed by atoms with Crippen molar-refractivity contribution >= 4 is 5.78 Å². The standard InChI is InChI=1S/C11H18O/c12-11-9-7-5-3-1-2-4-6-8-10-11/h3,5H,1-2,4,6-10H2/b5-3+. The third-order valence-electron chi connectivity index (χ3n) is 2.33. The van der Waals surface area contributed by atoms with Gasteiger partial charge in [-0.05, 0) is 25.7 Å². The molecule has 0 saturated carbocycles. The van der Waals surface area contributed by atoms with Crippen LogP contribution in [0.4, 0.5) is 0 Å². The first kappa shape index (κ1) is 9.50. The van der Waals surface area contributed by atoms with Crippen molar-refractivity contribution in [3.8, 4) is 0 Å². The smallest absolute Gasteiger partial charge is 0.133 e. The van der Waals surface area contributed by atoms with Crippen LogP contribution in [0.15, 0.2) is 12.2 Å². The lowest BCUT2D eigenvalue weighted by Gasteiger charge is -1.97. The molecule has 0 aliphatic heterocycles. The van der Waals surface area contributed by atoms with Crippen molar-refractivity contribution in [2.24, 2.45) is 0 Å². The van der Waals surface area contributed by atoms with Crippen LogP contribution in [-0.2, 0) is 4.79 Å². The summed E-state index contributed by atoms with van der Waals surface area (Å²) in [4.78, 5) is 11.2. The zero-order valence-corrected chi connectivity index (χ0v) is 7.72. The van der Waals surface area contributed by atoms with Crippen molar-refractivity contribution in [1.82, 2.24) is 0 Å². The highest BCUT2D eigenvalue weighted by Gasteiger charge is 2.00. The fourth-order valence-corrected chi connectivity index (χ4v) is 1.54. The molecule has 0 aromatic heterocycles. The molecule has 0 fully saturated rings. The Labute approximate surface area is 74.9 Å². The minimum absolute atomic E-state index is 0.446. The third-order valence-corrected chi connectivity index (χ3v) is 2.33. The zero-order valence-electron chi connectivity index (χ0n) is 7.72. The summed E-state index contributed by atoms with van der Waals surface area (Å²) in [5.41, 5.74) is 0. The molecule has 0 aromatic carbocycles. The van der Waals surface area contributed by atoms with Gasteiger partial charge in [-0.2, -0.15) is 0 Å². The Morgan fingerprint density at radius 2 is 1.58 bits per heavy atom. The molecule has 1 nitrogen and oxygen atoms in total. The van der Waals surface area contributed by atoms with E-state index in [1.807, 2.05) is 0 Å². The second kappa shape index (κ2) is 5.99. The van der Waals surface area contributed by atoms with Crippen molar-refractivity contribution in [3.63, 3.8) is 0 Å². The average molecular weight is 166 g/mol. The number of rotatable bonds is 0. The van der Waals surface area contributed by atoms with Gasteiger partial charge in [0, 0.05) is 12.8 Å². The summed E-state index contributed by atoms with van der Waals surface area (Å²) in [6.45, 7) is 0. The molecular weight excluding hydrogens is 148 g/mol. The Bertz CT molecular complexity index is 158. The SMILES string of the molecule is O=C1CC/C=C/CCCCCC1. The predicted octanol–water partition coefficient (Wildman–Crippen LogP) is 3.25. The molecule has 1 heteroatoms. The van der Waals surface area contributed by atoms with E-state index >= 15 is 0 Å². The molecule has 0 heterocycles. The maximum Gasteiger partial charge on any atom is 0.133 e. The second-order valence-electron chi connectivity index (χ2n) is 3.50. The Balaban J connectivity index is 2.27. The van der Waals surface area contributed by atoms with E-state index in [2.05, 4.69) is 12.2 Å². The highest BCUT2D eigenvalue weighted by atomic mass is 16.1. The molecule has 1 aliphatic carbocycles. The van der Waals surface area contributed by atoms with Gasteiger partial charge in [-0.1, -0.05) is 25.0 Å². The quantitative estimate of drug-likeness (QED) is 0.505. The van der Waals surface area contributed by atoms with E-state index in [-0.39, 0.29) is 0 Å². The normalized spacial score (nSPS) is 24.5. The molecule has 12 heavy (non-hydrogen) atoms. The van der Waals surface area contributed by atoms with E-state index in [0.29, 0.717) is 5.78 Å². The summed E-state index contributed by atoms with van der Waals surface area (Å²) in [6.07, 6.45) is 13.0. The molecule has 0 radical (unpaired) electrons. The van der Waals surface area contributed by atoms with Crippen LogP contribution >= 0.6 is 0 Å². The van der Waals surface area contributed by atoms with Gasteiger partial charge in [0.05, 0.1) is 0 Å². The summed E-state index contributed by atoms with van der Waals surface area (Å²) in [5, 5.41) is 0. The summed E-state index contributed by atoms with van der Waals surface area (Å²) in [6, 6.07) is 0. The van der Waals surface area contributed by atoms with E-state index in [9.17, 15) is 4.79 Å². The number of hydrogen-bond acceptors (Lipinski definition) is 1. The van der Waals surface area contributed by atoms with Crippen LogP contribution in [0.2, 0.25) is 0 Å². The highest BCUT2D eigenvalue weighted by molar-refractivity contribution is 5.78. The van der Waals surface area contributed by atoms with Gasteiger partial charge in [-0.3, -0.25) is 4.79 Å². The molecule has 0 bridgehead atoms. The van der Waals surface area contributed by atoms with Crippen LogP contribution in [0.25, 0.3) is 0 Å². The maximum absolute atomic E-state index is 11.2. The number of carbonyl (C=O) groups is 1. The third kappa shape index (κ3) is 4.32. The Morgan fingerprint density at radius 1 is 0.833 bits per heavy atom. The lowest BCUT2D eigenvalue weighted by molar-refractivity contribution is -0.119. The molecule has 0 unspecified atom stereocenters. The van der Waals surface area contributed by atoms with Crippen LogP contribution < -0.4 is 0 Å². The molecule has 68 valence electrons. The summed E-state index contributed by atoms with van der Waals surface area (Å²) < 4.78 is 0. The van der Waals surface area contributed by atoms with E-state index in [0.717, 1.165) is 25.7 Å². The number of Topliss-reactive ketones (excluding diaryl/α,β-unsaturated/α-hetero) is 1. The number of hydrogen-bond donors (Lipinski definition) is 0. The summed E-state index contributed by atoms with van der Waals surface area (Å²) >= 11 is 0. The first-order chi connectivity index (χ1) is 5.89. The van der Waals surface area contributed by atoms with Crippen LogP contribution in [0.3, 0.4) is 0 Å². The number of ketones is 1. The molecule has 0 aromatic rings. The van der Waals surface area contributed by atoms with Crippen molar-refractivity contribution in [2.75, 3.05) is 0 Å². The molecular formula is C11H18O. The first-order valence-corrected chi connectivity index (χ1v) is 5.06. The molecule has 0 amide bonds. The molecule has 0 spiro atoms. The molecule has 0 N–H and O–H groups in total. The minimum atomic E-state index is 0.446. The van der Waals surface area contributed by atoms with E-state index < -0.39 is 0 Å². The monoisotopic (exact) mass is 166 g/mol. The predicted molar refractivity (Wildman–Crippen MR) is 51.1 cm³/mol. The number of carbonyl (C=O) groups excluding carboxylic acids is 1. The Kier molecular flexibility index (Phi) is 4.74. The fraction of sp³-hybridized carbons (Fsp3) is 0.727. The maximum atomic E-state index is 11.2. The van der Waals surface area contributed by atoms with Crippen molar-refractivity contribution in [1.29, 1.82) is 0 Å². The Hall–Kier alpha value is -0.590. The fourth-order valence-electron chi connectivity index (χ4n) is 1.54. The molecule has 0 atom stereocenters. The second-order valence-corrected chi connectivity index (χ2v) is 3.50. The highest BCUT2D eigenvalue weighted by Crippen LogP contribution is 2.10. The largest absolute Gasteiger partial charge is 0.300 e. The summed E-state index contributed by atoms with van der Waals surface area (Å²) in [5.74, 6) is 0.446. The topological polar surface area (TPSA) is 17.1 Å². The van der Waals surface area contributed by atoms with Crippen LogP contribution in [-0.4, -0.2) is 5.78 Å². The zero-order chi connectivity index (χ0) is 8.65. The van der Waals surface area contributed by atoms with Gasteiger partial charge < -0.3 is 0 Å². The number of allylic oxidation sites excluding steroid dienone is 2. The van der Waals surface area contributed by atoms with Crippen molar-refractivity contribution in [3.05, 3.63) is 12.2 Å². The minimum Gasteiger partial charge on any atom is -0.300 e. The van der Waals surface area contributed by atoms with Gasteiger partial charge >= 0.3 is 0 Å². The van der Waals surface area contributed by atoms with Gasteiger partial charge in [-0.25, -0.2) is 0 Å². The summed E-state index contributed by atoms with van der Waals surface area (Å²) in [7, 11) is 0. The van der Waals surface area contributed by atoms with E-state index in [4.69, 9.17) is 0 Å². The Morgan fingerprint density at radius 3 is 2.50 bits per heavy atom.